The van der Waals surface area contributed by atoms with Crippen molar-refractivity contribution in [1.82, 2.24) is 0 Å². The van der Waals surface area contributed by atoms with Gasteiger partial charge in [0.15, 0.2) is 4.32 Å². The van der Waals surface area contributed by atoms with E-state index in [4.69, 9.17) is 12.2 Å². The van der Waals surface area contributed by atoms with Crippen molar-refractivity contribution >= 4 is 51.9 Å². The number of thioether (sulfide) groups is 1. The van der Waals surface area contributed by atoms with E-state index in [1.54, 1.807) is 31.2 Å². The Kier molecular flexibility index (Phi) is 4.61. The van der Waals surface area contributed by atoms with E-state index in [9.17, 15) is 19.8 Å². The summed E-state index contributed by atoms with van der Waals surface area (Å²) in [6, 6.07) is 11.1. The number of amides is 1. The summed E-state index contributed by atoms with van der Waals surface area (Å²) in [5.74, 6) is -1.22. The summed E-state index contributed by atoms with van der Waals surface area (Å²) < 4.78 is 0.348. The van der Waals surface area contributed by atoms with Gasteiger partial charge in [0.2, 0.25) is 0 Å². The number of phenols is 1. The monoisotopic (exact) mass is 371 g/mol. The van der Waals surface area contributed by atoms with Crippen LogP contribution in [0.1, 0.15) is 21.5 Å². The number of aromatic hydroxyl groups is 1. The van der Waals surface area contributed by atoms with Crippen molar-refractivity contribution in [3.63, 3.8) is 0 Å². The fourth-order valence-corrected chi connectivity index (χ4v) is 3.67. The van der Waals surface area contributed by atoms with Crippen LogP contribution in [-0.2, 0) is 4.79 Å². The van der Waals surface area contributed by atoms with Crippen LogP contribution in [0.2, 0.25) is 0 Å². The van der Waals surface area contributed by atoms with Gasteiger partial charge in [-0.15, -0.1) is 0 Å². The number of phenolic OH excluding ortho intramolecular Hbond substituents is 1. The van der Waals surface area contributed by atoms with Crippen LogP contribution in [0.3, 0.4) is 0 Å². The van der Waals surface area contributed by atoms with Gasteiger partial charge >= 0.3 is 5.97 Å². The first-order valence-corrected chi connectivity index (χ1v) is 8.50. The summed E-state index contributed by atoms with van der Waals surface area (Å²) in [6.07, 6.45) is 1.69. The van der Waals surface area contributed by atoms with E-state index in [0.717, 1.165) is 22.9 Å². The highest BCUT2D eigenvalue weighted by Crippen LogP contribution is 2.37. The molecule has 5 nitrogen and oxygen atoms in total. The number of aromatic carboxylic acids is 1. The van der Waals surface area contributed by atoms with E-state index < -0.39 is 5.97 Å². The molecule has 126 valence electrons. The minimum Gasteiger partial charge on any atom is -0.508 e. The van der Waals surface area contributed by atoms with Gasteiger partial charge in [0.1, 0.15) is 5.75 Å². The Bertz CT molecular complexity index is 919. The van der Waals surface area contributed by atoms with Crippen molar-refractivity contribution in [1.29, 1.82) is 0 Å². The molecule has 0 spiro atoms. The van der Waals surface area contributed by atoms with Crippen molar-refractivity contribution in [3.8, 4) is 5.75 Å². The number of thiocarbonyl (C=S) groups is 1. The highest BCUT2D eigenvalue weighted by Gasteiger charge is 2.34. The SMILES string of the molecule is Cc1ccc(C(=O)O)cc1N1C(=O)C(=Cc2ccc(O)cc2)SC1=S. The minimum absolute atomic E-state index is 0.0946. The molecule has 0 atom stereocenters. The van der Waals surface area contributed by atoms with Gasteiger partial charge in [-0.3, -0.25) is 9.69 Å². The average molecular weight is 371 g/mol. The third-order valence-corrected chi connectivity index (χ3v) is 4.98. The quantitative estimate of drug-likeness (QED) is 0.631. The number of carbonyl (C=O) groups is 2. The molecule has 7 heteroatoms. The molecular formula is C18H13NO4S2. The van der Waals surface area contributed by atoms with Gasteiger partial charge < -0.3 is 10.2 Å². The molecule has 0 aromatic heterocycles. The van der Waals surface area contributed by atoms with Crippen molar-refractivity contribution < 1.29 is 19.8 Å². The Labute approximate surface area is 153 Å². The Morgan fingerprint density at radius 3 is 2.52 bits per heavy atom. The molecule has 1 fully saturated rings. The van der Waals surface area contributed by atoms with E-state index in [2.05, 4.69) is 0 Å². The highest BCUT2D eigenvalue weighted by molar-refractivity contribution is 8.27. The summed E-state index contributed by atoms with van der Waals surface area (Å²) in [7, 11) is 0. The number of aryl methyl sites for hydroxylation is 1. The van der Waals surface area contributed by atoms with E-state index in [-0.39, 0.29) is 17.2 Å². The van der Waals surface area contributed by atoms with Gasteiger partial charge in [0.25, 0.3) is 5.91 Å². The molecule has 1 aliphatic heterocycles. The molecule has 0 unspecified atom stereocenters. The zero-order valence-corrected chi connectivity index (χ0v) is 14.7. The topological polar surface area (TPSA) is 77.8 Å². The normalized spacial score (nSPS) is 15.9. The number of hydrogen-bond acceptors (Lipinski definition) is 5. The predicted octanol–water partition coefficient (Wildman–Crippen LogP) is 3.80. The molecule has 2 aromatic rings. The lowest BCUT2D eigenvalue weighted by molar-refractivity contribution is -0.113. The summed E-state index contributed by atoms with van der Waals surface area (Å²) in [5.41, 5.74) is 2.08. The number of carboxylic acids is 1. The number of nitrogens with zero attached hydrogens (tertiary/aromatic N) is 1. The van der Waals surface area contributed by atoms with Crippen LogP contribution in [0.25, 0.3) is 6.08 Å². The maximum absolute atomic E-state index is 12.8. The van der Waals surface area contributed by atoms with Crippen LogP contribution < -0.4 is 4.90 Å². The lowest BCUT2D eigenvalue weighted by Gasteiger charge is -2.17. The number of hydrogen-bond donors (Lipinski definition) is 2. The molecule has 0 saturated carbocycles. The van der Waals surface area contributed by atoms with Gasteiger partial charge in [-0.05, 0) is 48.4 Å². The number of carbonyl (C=O) groups excluding carboxylic acids is 1. The van der Waals surface area contributed by atoms with Crippen molar-refractivity contribution in [3.05, 3.63) is 64.1 Å². The third kappa shape index (κ3) is 3.42. The zero-order valence-electron chi connectivity index (χ0n) is 13.1. The smallest absolute Gasteiger partial charge is 0.335 e. The molecular weight excluding hydrogens is 358 g/mol. The van der Waals surface area contributed by atoms with E-state index in [1.165, 1.54) is 29.2 Å². The van der Waals surface area contributed by atoms with Gasteiger partial charge in [-0.2, -0.15) is 0 Å². The maximum Gasteiger partial charge on any atom is 0.335 e. The summed E-state index contributed by atoms with van der Waals surface area (Å²) in [5, 5.41) is 18.5. The van der Waals surface area contributed by atoms with Crippen LogP contribution in [-0.4, -0.2) is 26.4 Å². The largest absolute Gasteiger partial charge is 0.508 e. The van der Waals surface area contributed by atoms with Crippen LogP contribution >= 0.6 is 24.0 Å². The second-order valence-electron chi connectivity index (χ2n) is 5.42. The number of benzene rings is 2. The fraction of sp³-hybridized carbons (Fsp3) is 0.0556. The number of rotatable bonds is 3. The molecule has 1 saturated heterocycles. The van der Waals surface area contributed by atoms with E-state index >= 15 is 0 Å². The fourth-order valence-electron chi connectivity index (χ4n) is 2.38. The molecule has 0 aliphatic carbocycles. The standard InChI is InChI=1S/C18H13NO4S2/c1-10-2-5-12(17(22)23)9-14(10)19-16(21)15(25-18(19)24)8-11-3-6-13(20)7-4-11/h2-9,20H,1H3,(H,22,23). The summed E-state index contributed by atoms with van der Waals surface area (Å²) in [4.78, 5) is 25.8. The molecule has 0 radical (unpaired) electrons. The van der Waals surface area contributed by atoms with Crippen molar-refractivity contribution in [2.24, 2.45) is 0 Å². The Hall–Kier alpha value is -2.64. The Balaban J connectivity index is 1.98. The second-order valence-corrected chi connectivity index (χ2v) is 7.09. The first-order chi connectivity index (χ1) is 11.9. The van der Waals surface area contributed by atoms with Gasteiger partial charge in [-0.1, -0.05) is 42.2 Å². The summed E-state index contributed by atoms with van der Waals surface area (Å²) >= 11 is 6.48. The van der Waals surface area contributed by atoms with Gasteiger partial charge in [0, 0.05) is 0 Å². The Morgan fingerprint density at radius 1 is 1.20 bits per heavy atom. The third-order valence-electron chi connectivity index (χ3n) is 3.68. The molecule has 1 amide bonds. The first-order valence-electron chi connectivity index (χ1n) is 7.28. The highest BCUT2D eigenvalue weighted by atomic mass is 32.2. The van der Waals surface area contributed by atoms with E-state index in [1.807, 2.05) is 0 Å². The second kappa shape index (κ2) is 6.70. The average Bonchev–Trinajstić information content (AvgIpc) is 2.84. The van der Waals surface area contributed by atoms with Crippen LogP contribution in [0.15, 0.2) is 47.4 Å². The molecule has 2 N–H and O–H groups in total. The maximum atomic E-state index is 12.8. The summed E-state index contributed by atoms with van der Waals surface area (Å²) in [6.45, 7) is 1.79. The van der Waals surface area contributed by atoms with Crippen LogP contribution in [0.5, 0.6) is 5.75 Å². The van der Waals surface area contributed by atoms with E-state index in [0.29, 0.717) is 14.9 Å². The Morgan fingerprint density at radius 2 is 1.88 bits per heavy atom. The predicted molar refractivity (Wildman–Crippen MR) is 102 cm³/mol. The molecule has 2 aromatic carbocycles. The molecule has 3 rings (SSSR count). The van der Waals surface area contributed by atoms with Crippen molar-refractivity contribution in [2.45, 2.75) is 6.92 Å². The van der Waals surface area contributed by atoms with Crippen LogP contribution in [0.4, 0.5) is 5.69 Å². The number of carboxylic acid groups (broad SMARTS) is 1. The van der Waals surface area contributed by atoms with Gasteiger partial charge in [-0.25, -0.2) is 4.79 Å². The molecule has 25 heavy (non-hydrogen) atoms. The van der Waals surface area contributed by atoms with Crippen LogP contribution in [0, 0.1) is 6.92 Å². The molecule has 0 bridgehead atoms. The van der Waals surface area contributed by atoms with Crippen molar-refractivity contribution in [2.75, 3.05) is 4.90 Å². The first kappa shape index (κ1) is 17.2. The van der Waals surface area contributed by atoms with Gasteiger partial charge in [0.05, 0.1) is 16.2 Å². The lowest BCUT2D eigenvalue weighted by Crippen LogP contribution is -2.28. The molecule has 1 heterocycles. The molecule has 1 aliphatic rings. The minimum atomic E-state index is -1.06. The zero-order chi connectivity index (χ0) is 18.1. The lowest BCUT2D eigenvalue weighted by atomic mass is 10.1. The number of anilines is 1.